The van der Waals surface area contributed by atoms with Crippen molar-refractivity contribution in [2.45, 2.75) is 46.0 Å². The quantitative estimate of drug-likeness (QED) is 0.217. The highest BCUT2D eigenvalue weighted by molar-refractivity contribution is 7.80. The Hall–Kier alpha value is -3.89. The molecule has 2 aromatic heterocycles. The minimum atomic E-state index is -4.53. The molecule has 1 aliphatic rings. The second-order valence-electron chi connectivity index (χ2n) is 10.5. The number of hydrogen-bond acceptors (Lipinski definition) is 3. The maximum atomic E-state index is 14.0. The summed E-state index contributed by atoms with van der Waals surface area (Å²) in [7, 11) is 0. The first-order chi connectivity index (χ1) is 19.9. The number of aryl methyl sites for hydroxylation is 1. The molecule has 2 unspecified atom stereocenters. The van der Waals surface area contributed by atoms with Gasteiger partial charge in [0, 0.05) is 29.2 Å². The minimum absolute atomic E-state index is 0.0500. The molecule has 2 atom stereocenters. The Morgan fingerprint density at radius 2 is 1.79 bits per heavy atom. The predicted molar refractivity (Wildman–Crippen MR) is 163 cm³/mol. The number of anilines is 2. The standard InChI is InChI=1S/C31H29ClF3N5OS/c1-17(2)29(41)37-24-13-12-20(16-23(24)32)40-28(27(38-30(40)42)25-10-7-8-14-36-25)21-15-18(3)39(19(21)4)26-11-6-5-9-22(26)31(33,34)35/h5-17,27-28H,1-4H3,(H,37,41)(H,38,42). The first-order valence-electron chi connectivity index (χ1n) is 13.3. The SMILES string of the molecule is Cc1cc(C2C(c3ccccn3)NC(=S)N2c2ccc(NC(=O)C(C)C)c(Cl)c2)c(C)n1-c1ccccc1C(F)(F)F. The molecule has 218 valence electrons. The van der Waals surface area contributed by atoms with Crippen LogP contribution in [-0.4, -0.2) is 20.6 Å². The van der Waals surface area contributed by atoms with Crippen LogP contribution in [0.2, 0.25) is 5.02 Å². The fraction of sp³-hybridized carbons (Fsp3) is 0.258. The third kappa shape index (κ3) is 5.48. The van der Waals surface area contributed by atoms with Crippen LogP contribution in [0.5, 0.6) is 0 Å². The van der Waals surface area contributed by atoms with Gasteiger partial charge in [0.2, 0.25) is 5.91 Å². The van der Waals surface area contributed by atoms with Crippen LogP contribution >= 0.6 is 23.8 Å². The number of hydrogen-bond donors (Lipinski definition) is 2. The third-order valence-electron chi connectivity index (χ3n) is 7.35. The van der Waals surface area contributed by atoms with Crippen LogP contribution in [0, 0.1) is 19.8 Å². The molecule has 11 heteroatoms. The lowest BCUT2D eigenvalue weighted by Gasteiger charge is -2.29. The Kier molecular flexibility index (Phi) is 8.04. The van der Waals surface area contributed by atoms with Gasteiger partial charge in [0.05, 0.1) is 39.7 Å². The number of nitrogens with one attached hydrogen (secondary N) is 2. The van der Waals surface area contributed by atoms with E-state index in [1.165, 1.54) is 12.1 Å². The highest BCUT2D eigenvalue weighted by Crippen LogP contribution is 2.45. The molecule has 2 N–H and O–H groups in total. The number of nitrogens with zero attached hydrogens (tertiary/aromatic N) is 3. The molecule has 4 aromatic rings. The molecule has 1 fully saturated rings. The average molecular weight is 612 g/mol. The summed E-state index contributed by atoms with van der Waals surface area (Å²) >= 11 is 12.4. The number of halogens is 4. The van der Waals surface area contributed by atoms with Crippen molar-refractivity contribution in [3.8, 4) is 5.69 Å². The van der Waals surface area contributed by atoms with Crippen molar-refractivity contribution in [1.82, 2.24) is 14.9 Å². The first kappa shape index (κ1) is 29.6. The van der Waals surface area contributed by atoms with Crippen LogP contribution in [0.25, 0.3) is 5.69 Å². The number of thiocarbonyl (C=S) groups is 1. The molecule has 0 saturated carbocycles. The van der Waals surface area contributed by atoms with Gasteiger partial charge in [0.15, 0.2) is 5.11 Å². The number of benzene rings is 2. The number of amides is 1. The smallest absolute Gasteiger partial charge is 0.351 e. The monoisotopic (exact) mass is 611 g/mol. The van der Waals surface area contributed by atoms with Gasteiger partial charge in [0.1, 0.15) is 0 Å². The summed E-state index contributed by atoms with van der Waals surface area (Å²) < 4.78 is 43.7. The van der Waals surface area contributed by atoms with Crippen molar-refractivity contribution >= 4 is 46.2 Å². The van der Waals surface area contributed by atoms with Crippen molar-refractivity contribution in [3.63, 3.8) is 0 Å². The topological polar surface area (TPSA) is 62.2 Å². The largest absolute Gasteiger partial charge is 0.418 e. The fourth-order valence-corrected chi connectivity index (χ4v) is 5.92. The van der Waals surface area contributed by atoms with Gasteiger partial charge in [-0.1, -0.05) is 43.6 Å². The number of rotatable bonds is 6. The highest BCUT2D eigenvalue weighted by Gasteiger charge is 2.43. The highest BCUT2D eigenvalue weighted by atomic mass is 35.5. The summed E-state index contributed by atoms with van der Waals surface area (Å²) in [6.45, 7) is 7.17. The van der Waals surface area contributed by atoms with Gasteiger partial charge >= 0.3 is 6.18 Å². The van der Waals surface area contributed by atoms with Gasteiger partial charge in [-0.25, -0.2) is 0 Å². The minimum Gasteiger partial charge on any atom is -0.351 e. The Morgan fingerprint density at radius 1 is 1.07 bits per heavy atom. The maximum absolute atomic E-state index is 14.0. The molecule has 0 bridgehead atoms. The maximum Gasteiger partial charge on any atom is 0.418 e. The van der Waals surface area contributed by atoms with Crippen LogP contribution in [0.15, 0.2) is 72.9 Å². The average Bonchev–Trinajstić information content (AvgIpc) is 3.44. The van der Waals surface area contributed by atoms with Gasteiger partial charge in [-0.05, 0) is 80.2 Å². The van der Waals surface area contributed by atoms with Crippen molar-refractivity contribution in [3.05, 3.63) is 106 Å². The van der Waals surface area contributed by atoms with Gasteiger partial charge in [0.25, 0.3) is 0 Å². The summed E-state index contributed by atoms with van der Waals surface area (Å²) in [5.41, 5.74) is 3.23. The number of carbonyl (C=O) groups is 1. The second-order valence-corrected chi connectivity index (χ2v) is 11.3. The van der Waals surface area contributed by atoms with Gasteiger partial charge in [-0.3, -0.25) is 9.78 Å². The van der Waals surface area contributed by atoms with E-state index in [0.717, 1.165) is 17.3 Å². The zero-order chi connectivity index (χ0) is 30.3. The molecule has 0 radical (unpaired) electrons. The summed E-state index contributed by atoms with van der Waals surface area (Å²) in [6, 6.07) is 17.4. The summed E-state index contributed by atoms with van der Waals surface area (Å²) in [6.07, 6.45) is -2.84. The molecule has 6 nitrogen and oxygen atoms in total. The van der Waals surface area contributed by atoms with E-state index in [0.29, 0.717) is 32.9 Å². The summed E-state index contributed by atoms with van der Waals surface area (Å²) in [4.78, 5) is 18.7. The van der Waals surface area contributed by atoms with Gasteiger partial charge in [-0.2, -0.15) is 13.2 Å². The lowest BCUT2D eigenvalue weighted by atomic mass is 9.96. The Bertz CT molecular complexity index is 1650. The molecule has 2 aromatic carbocycles. The normalized spacial score (nSPS) is 17.1. The fourth-order valence-electron chi connectivity index (χ4n) is 5.35. The molecule has 1 aliphatic heterocycles. The van der Waals surface area contributed by atoms with Crippen LogP contribution in [0.4, 0.5) is 24.5 Å². The van der Waals surface area contributed by atoms with E-state index in [9.17, 15) is 18.0 Å². The van der Waals surface area contributed by atoms with Crippen LogP contribution in [0.1, 0.15) is 54.1 Å². The molecule has 0 spiro atoms. The predicted octanol–water partition coefficient (Wildman–Crippen LogP) is 7.93. The van der Waals surface area contributed by atoms with Crippen molar-refractivity contribution < 1.29 is 18.0 Å². The van der Waals surface area contributed by atoms with E-state index < -0.39 is 23.8 Å². The summed E-state index contributed by atoms with van der Waals surface area (Å²) in [5.74, 6) is -0.389. The Morgan fingerprint density at radius 3 is 2.43 bits per heavy atom. The van der Waals surface area contributed by atoms with E-state index in [4.69, 9.17) is 23.8 Å². The summed E-state index contributed by atoms with van der Waals surface area (Å²) in [5, 5.41) is 6.94. The van der Waals surface area contributed by atoms with E-state index in [2.05, 4.69) is 15.6 Å². The third-order valence-corrected chi connectivity index (χ3v) is 7.98. The molecular formula is C31H29ClF3N5OS. The Labute approximate surface area is 252 Å². The number of aromatic nitrogens is 2. The molecule has 3 heterocycles. The zero-order valence-corrected chi connectivity index (χ0v) is 24.9. The molecule has 0 aliphatic carbocycles. The number of carbonyl (C=O) groups excluding carboxylic acids is 1. The van der Waals surface area contributed by atoms with Gasteiger partial charge in [-0.15, -0.1) is 0 Å². The molecule has 42 heavy (non-hydrogen) atoms. The molecule has 5 rings (SSSR count). The van der Waals surface area contributed by atoms with Crippen molar-refractivity contribution in [1.29, 1.82) is 0 Å². The van der Waals surface area contributed by atoms with Crippen molar-refractivity contribution in [2.24, 2.45) is 5.92 Å². The van der Waals surface area contributed by atoms with Crippen LogP contribution in [0.3, 0.4) is 0 Å². The Balaban J connectivity index is 1.65. The van der Waals surface area contributed by atoms with E-state index in [-0.39, 0.29) is 17.5 Å². The lowest BCUT2D eigenvalue weighted by Crippen LogP contribution is -2.29. The van der Waals surface area contributed by atoms with E-state index >= 15 is 0 Å². The number of alkyl halides is 3. The second kappa shape index (κ2) is 11.4. The van der Waals surface area contributed by atoms with Crippen LogP contribution < -0.4 is 15.5 Å². The zero-order valence-electron chi connectivity index (χ0n) is 23.3. The number of pyridine rings is 1. The van der Waals surface area contributed by atoms with Crippen molar-refractivity contribution in [2.75, 3.05) is 10.2 Å². The van der Waals surface area contributed by atoms with Gasteiger partial charge < -0.3 is 20.1 Å². The molecule has 1 amide bonds. The van der Waals surface area contributed by atoms with E-state index in [1.807, 2.05) is 42.2 Å². The van der Waals surface area contributed by atoms with Crippen LogP contribution in [-0.2, 0) is 11.0 Å². The molecule has 1 saturated heterocycles. The number of para-hydroxylation sites is 1. The first-order valence-corrected chi connectivity index (χ1v) is 14.1. The van der Waals surface area contributed by atoms with E-state index in [1.54, 1.807) is 49.7 Å². The lowest BCUT2D eigenvalue weighted by molar-refractivity contribution is -0.137. The molecular weight excluding hydrogens is 583 g/mol.